The molecular formula is C15H24O2. The van der Waals surface area contributed by atoms with Crippen LogP contribution in [0.4, 0.5) is 0 Å². The number of ether oxygens (including phenoxy) is 1. The number of esters is 1. The first kappa shape index (κ1) is 14.1. The topological polar surface area (TPSA) is 26.3 Å². The minimum absolute atomic E-state index is 0.0400. The molecular weight excluding hydrogens is 212 g/mol. The molecule has 96 valence electrons. The molecule has 3 atom stereocenters. The van der Waals surface area contributed by atoms with Crippen molar-refractivity contribution in [2.24, 2.45) is 23.7 Å². The Kier molecular flexibility index (Phi) is 5.50. The number of carbonyl (C=O) groups is 1. The van der Waals surface area contributed by atoms with Crippen molar-refractivity contribution < 1.29 is 9.53 Å². The van der Waals surface area contributed by atoms with Gasteiger partial charge < -0.3 is 4.74 Å². The van der Waals surface area contributed by atoms with Crippen LogP contribution >= 0.6 is 0 Å². The molecule has 0 aromatic carbocycles. The molecule has 1 aliphatic rings. The predicted octanol–water partition coefficient (Wildman–Crippen LogP) is 3.58. The van der Waals surface area contributed by atoms with E-state index in [1.807, 2.05) is 0 Å². The molecule has 0 bridgehead atoms. The predicted molar refractivity (Wildman–Crippen MR) is 69.5 cm³/mol. The molecule has 0 aromatic rings. The molecule has 0 amide bonds. The summed E-state index contributed by atoms with van der Waals surface area (Å²) in [5.41, 5.74) is 2.62. The summed E-state index contributed by atoms with van der Waals surface area (Å²) in [5, 5.41) is 0. The Bertz CT molecular complexity index is 300. The second-order valence-corrected chi connectivity index (χ2v) is 5.47. The third-order valence-corrected chi connectivity index (χ3v) is 3.78. The van der Waals surface area contributed by atoms with E-state index in [1.54, 1.807) is 6.08 Å². The Labute approximate surface area is 105 Å². The summed E-state index contributed by atoms with van der Waals surface area (Å²) in [6.45, 7) is 10.4. The van der Waals surface area contributed by atoms with Crippen LogP contribution in [0.2, 0.25) is 0 Å². The standard InChI is InChI=1S/C15H24O2/c1-5-6-9-17-15(16)14-10-12(4)7-8-13(14)11(2)3/h6,11-14H,1,7-10H2,2-4H3/t12?,13?,14-/m0/s1. The van der Waals surface area contributed by atoms with Gasteiger partial charge in [-0.05, 0) is 36.7 Å². The van der Waals surface area contributed by atoms with Crippen LogP contribution in [0.15, 0.2) is 18.4 Å². The largest absolute Gasteiger partial charge is 0.461 e. The van der Waals surface area contributed by atoms with E-state index in [0.29, 0.717) is 24.4 Å². The summed E-state index contributed by atoms with van der Waals surface area (Å²) in [7, 11) is 0. The lowest BCUT2D eigenvalue weighted by atomic mass is 9.70. The Morgan fingerprint density at radius 1 is 1.53 bits per heavy atom. The van der Waals surface area contributed by atoms with E-state index >= 15 is 0 Å². The molecule has 2 heteroatoms. The van der Waals surface area contributed by atoms with E-state index in [9.17, 15) is 4.79 Å². The average molecular weight is 236 g/mol. The van der Waals surface area contributed by atoms with Gasteiger partial charge in [0.25, 0.3) is 0 Å². The van der Waals surface area contributed by atoms with Crippen molar-refractivity contribution in [2.75, 3.05) is 6.61 Å². The highest BCUT2D eigenvalue weighted by atomic mass is 16.5. The molecule has 1 aliphatic carbocycles. The van der Waals surface area contributed by atoms with Crippen molar-refractivity contribution >= 4 is 5.97 Å². The van der Waals surface area contributed by atoms with Gasteiger partial charge in [0.1, 0.15) is 6.61 Å². The van der Waals surface area contributed by atoms with Crippen molar-refractivity contribution in [3.8, 4) is 0 Å². The molecule has 1 fully saturated rings. The van der Waals surface area contributed by atoms with Gasteiger partial charge in [0.2, 0.25) is 0 Å². The lowest BCUT2D eigenvalue weighted by molar-refractivity contribution is -0.152. The van der Waals surface area contributed by atoms with Crippen LogP contribution < -0.4 is 0 Å². The fourth-order valence-corrected chi connectivity index (χ4v) is 2.76. The molecule has 1 saturated carbocycles. The molecule has 0 radical (unpaired) electrons. The van der Waals surface area contributed by atoms with Gasteiger partial charge in [0, 0.05) is 0 Å². The van der Waals surface area contributed by atoms with Gasteiger partial charge in [-0.25, -0.2) is 0 Å². The first-order valence-corrected chi connectivity index (χ1v) is 6.57. The molecule has 2 unspecified atom stereocenters. The van der Waals surface area contributed by atoms with Crippen LogP contribution in [-0.2, 0) is 9.53 Å². The molecule has 0 N–H and O–H groups in total. The molecule has 0 heterocycles. The first-order valence-electron chi connectivity index (χ1n) is 6.57. The molecule has 17 heavy (non-hydrogen) atoms. The summed E-state index contributed by atoms with van der Waals surface area (Å²) < 4.78 is 5.25. The van der Waals surface area contributed by atoms with E-state index in [4.69, 9.17) is 4.74 Å². The van der Waals surface area contributed by atoms with Crippen LogP contribution in [0.5, 0.6) is 0 Å². The molecule has 1 rings (SSSR count). The molecule has 0 aliphatic heterocycles. The maximum absolute atomic E-state index is 12.0. The van der Waals surface area contributed by atoms with Crippen LogP contribution in [0.3, 0.4) is 0 Å². The third kappa shape index (κ3) is 4.05. The Morgan fingerprint density at radius 3 is 2.82 bits per heavy atom. The van der Waals surface area contributed by atoms with E-state index in [-0.39, 0.29) is 11.9 Å². The van der Waals surface area contributed by atoms with E-state index in [0.717, 1.165) is 12.8 Å². The van der Waals surface area contributed by atoms with Crippen molar-refractivity contribution in [2.45, 2.75) is 40.0 Å². The van der Waals surface area contributed by atoms with Gasteiger partial charge in [-0.1, -0.05) is 33.8 Å². The highest BCUT2D eigenvalue weighted by molar-refractivity contribution is 5.73. The van der Waals surface area contributed by atoms with E-state index < -0.39 is 0 Å². The smallest absolute Gasteiger partial charge is 0.309 e. The summed E-state index contributed by atoms with van der Waals surface area (Å²) >= 11 is 0. The van der Waals surface area contributed by atoms with Crippen LogP contribution in [0.25, 0.3) is 0 Å². The average Bonchev–Trinajstić information content (AvgIpc) is 2.28. The maximum atomic E-state index is 12.0. The lowest BCUT2D eigenvalue weighted by Gasteiger charge is -2.35. The summed E-state index contributed by atoms with van der Waals surface area (Å²) in [6.07, 6.45) is 5.00. The zero-order valence-electron chi connectivity index (χ0n) is 11.2. The van der Waals surface area contributed by atoms with Crippen LogP contribution in [-0.4, -0.2) is 12.6 Å². The van der Waals surface area contributed by atoms with Crippen molar-refractivity contribution in [1.82, 2.24) is 0 Å². The SMILES string of the molecule is C=C=CCOC(=O)[C@H]1CC(C)CCC1C(C)C. The zero-order chi connectivity index (χ0) is 12.8. The third-order valence-electron chi connectivity index (χ3n) is 3.78. The van der Waals surface area contributed by atoms with Gasteiger partial charge in [0.15, 0.2) is 0 Å². The highest BCUT2D eigenvalue weighted by Crippen LogP contribution is 2.38. The first-order chi connectivity index (χ1) is 8.06. The van der Waals surface area contributed by atoms with E-state index in [1.165, 1.54) is 6.42 Å². The number of hydrogen-bond acceptors (Lipinski definition) is 2. The number of rotatable bonds is 4. The lowest BCUT2D eigenvalue weighted by Crippen LogP contribution is -2.34. The van der Waals surface area contributed by atoms with Crippen LogP contribution in [0.1, 0.15) is 40.0 Å². The van der Waals surface area contributed by atoms with Gasteiger partial charge in [-0.15, -0.1) is 5.73 Å². The Hall–Kier alpha value is -1.01. The van der Waals surface area contributed by atoms with Gasteiger partial charge >= 0.3 is 5.97 Å². The minimum atomic E-state index is -0.0400. The number of carbonyl (C=O) groups excluding carboxylic acids is 1. The second kappa shape index (κ2) is 6.66. The van der Waals surface area contributed by atoms with Crippen molar-refractivity contribution in [3.63, 3.8) is 0 Å². The monoisotopic (exact) mass is 236 g/mol. The normalized spacial score (nSPS) is 28.6. The quantitative estimate of drug-likeness (QED) is 0.551. The van der Waals surface area contributed by atoms with Gasteiger partial charge in [-0.2, -0.15) is 0 Å². The Morgan fingerprint density at radius 2 is 2.24 bits per heavy atom. The molecule has 0 saturated heterocycles. The summed E-state index contributed by atoms with van der Waals surface area (Å²) in [4.78, 5) is 12.0. The van der Waals surface area contributed by atoms with E-state index in [2.05, 4.69) is 33.1 Å². The highest BCUT2D eigenvalue weighted by Gasteiger charge is 2.36. The van der Waals surface area contributed by atoms with Gasteiger partial charge in [0.05, 0.1) is 5.92 Å². The minimum Gasteiger partial charge on any atom is -0.461 e. The molecule has 0 spiro atoms. The summed E-state index contributed by atoms with van der Waals surface area (Å²) in [6, 6.07) is 0. The number of hydrogen-bond donors (Lipinski definition) is 0. The fourth-order valence-electron chi connectivity index (χ4n) is 2.76. The van der Waals surface area contributed by atoms with Crippen LogP contribution in [0, 0.1) is 23.7 Å². The summed E-state index contributed by atoms with van der Waals surface area (Å²) in [5.74, 6) is 1.71. The zero-order valence-corrected chi connectivity index (χ0v) is 11.2. The second-order valence-electron chi connectivity index (χ2n) is 5.47. The molecule has 0 aromatic heterocycles. The fraction of sp³-hybridized carbons (Fsp3) is 0.733. The Balaban J connectivity index is 2.61. The van der Waals surface area contributed by atoms with Crippen molar-refractivity contribution in [3.05, 3.63) is 18.4 Å². The van der Waals surface area contributed by atoms with Gasteiger partial charge in [-0.3, -0.25) is 4.79 Å². The molecule has 2 nitrogen and oxygen atoms in total. The maximum Gasteiger partial charge on any atom is 0.309 e. The van der Waals surface area contributed by atoms with Crippen molar-refractivity contribution in [1.29, 1.82) is 0 Å².